The van der Waals surface area contributed by atoms with Crippen molar-refractivity contribution in [2.75, 3.05) is 17.2 Å². The Bertz CT molecular complexity index is 1080. The van der Waals surface area contributed by atoms with E-state index in [0.717, 1.165) is 33.4 Å². The SMILES string of the molecule is Cc1nn(-c2ccccc2)c2c1N(C(=O)CCC(=O)NCc1ccc(Cl)cc1)CCS2. The van der Waals surface area contributed by atoms with Crippen molar-refractivity contribution in [2.45, 2.75) is 31.3 Å². The second-order valence-corrected chi connectivity index (χ2v) is 8.80. The average Bonchev–Trinajstić information content (AvgIpc) is 3.14. The zero-order valence-electron chi connectivity index (χ0n) is 17.2. The van der Waals surface area contributed by atoms with Gasteiger partial charge < -0.3 is 10.2 Å². The number of thioether (sulfide) groups is 1. The lowest BCUT2D eigenvalue weighted by Gasteiger charge is -2.27. The number of aromatic nitrogens is 2. The summed E-state index contributed by atoms with van der Waals surface area (Å²) in [5.41, 5.74) is 3.60. The maximum absolute atomic E-state index is 13.0. The third kappa shape index (κ3) is 4.94. The molecule has 0 atom stereocenters. The molecule has 2 heterocycles. The Labute approximate surface area is 190 Å². The van der Waals surface area contributed by atoms with E-state index in [9.17, 15) is 9.59 Å². The zero-order valence-corrected chi connectivity index (χ0v) is 18.7. The topological polar surface area (TPSA) is 67.2 Å². The highest BCUT2D eigenvalue weighted by molar-refractivity contribution is 7.99. The van der Waals surface area contributed by atoms with E-state index in [-0.39, 0.29) is 24.7 Å². The van der Waals surface area contributed by atoms with Crippen molar-refractivity contribution in [3.63, 3.8) is 0 Å². The molecule has 2 amide bonds. The highest BCUT2D eigenvalue weighted by Gasteiger charge is 2.29. The van der Waals surface area contributed by atoms with E-state index in [4.69, 9.17) is 11.6 Å². The molecule has 1 N–H and O–H groups in total. The van der Waals surface area contributed by atoms with Crippen molar-refractivity contribution in [2.24, 2.45) is 0 Å². The van der Waals surface area contributed by atoms with Gasteiger partial charge in [0.2, 0.25) is 11.8 Å². The molecule has 0 unspecified atom stereocenters. The first-order valence-corrected chi connectivity index (χ1v) is 11.5. The second-order valence-electron chi connectivity index (χ2n) is 7.28. The first-order chi connectivity index (χ1) is 15.0. The third-order valence-electron chi connectivity index (χ3n) is 5.08. The van der Waals surface area contributed by atoms with Crippen LogP contribution in [0.25, 0.3) is 5.69 Å². The fraction of sp³-hybridized carbons (Fsp3) is 0.261. The van der Waals surface area contributed by atoms with Gasteiger partial charge >= 0.3 is 0 Å². The molecule has 4 rings (SSSR count). The molecular weight excluding hydrogens is 432 g/mol. The number of nitrogens with zero attached hydrogens (tertiary/aromatic N) is 3. The summed E-state index contributed by atoms with van der Waals surface area (Å²) in [6.07, 6.45) is 0.309. The highest BCUT2D eigenvalue weighted by atomic mass is 35.5. The number of hydrogen-bond donors (Lipinski definition) is 1. The third-order valence-corrected chi connectivity index (χ3v) is 6.36. The molecule has 0 saturated heterocycles. The fourth-order valence-corrected chi connectivity index (χ4v) is 4.78. The lowest BCUT2D eigenvalue weighted by atomic mass is 10.2. The summed E-state index contributed by atoms with van der Waals surface area (Å²) < 4.78 is 1.90. The summed E-state index contributed by atoms with van der Waals surface area (Å²) in [6, 6.07) is 17.2. The predicted octanol–water partition coefficient (Wildman–Crippen LogP) is 4.37. The predicted molar refractivity (Wildman–Crippen MR) is 124 cm³/mol. The molecule has 160 valence electrons. The molecule has 0 bridgehead atoms. The first-order valence-electron chi connectivity index (χ1n) is 10.1. The van der Waals surface area contributed by atoms with E-state index < -0.39 is 0 Å². The zero-order chi connectivity index (χ0) is 21.8. The maximum Gasteiger partial charge on any atom is 0.227 e. The molecule has 2 aromatic carbocycles. The van der Waals surface area contributed by atoms with Crippen LogP contribution in [0.5, 0.6) is 0 Å². The molecule has 1 aliphatic heterocycles. The molecule has 0 aliphatic carbocycles. The summed E-state index contributed by atoms with van der Waals surface area (Å²) in [4.78, 5) is 27.0. The van der Waals surface area contributed by atoms with Crippen LogP contribution in [0.15, 0.2) is 59.6 Å². The van der Waals surface area contributed by atoms with Crippen LogP contribution in [0.3, 0.4) is 0 Å². The molecular formula is C23H23ClN4O2S. The minimum atomic E-state index is -0.147. The smallest absolute Gasteiger partial charge is 0.227 e. The number of nitrogens with one attached hydrogen (secondary N) is 1. The number of benzene rings is 2. The van der Waals surface area contributed by atoms with E-state index in [1.807, 2.05) is 54.1 Å². The van der Waals surface area contributed by atoms with Gasteiger partial charge in [-0.05, 0) is 36.8 Å². The van der Waals surface area contributed by atoms with Crippen molar-refractivity contribution in [1.29, 1.82) is 0 Å². The summed E-state index contributed by atoms with van der Waals surface area (Å²) in [5.74, 6) is 0.588. The van der Waals surface area contributed by atoms with Crippen molar-refractivity contribution < 1.29 is 9.59 Å². The number of carbonyl (C=O) groups excluding carboxylic acids is 2. The van der Waals surface area contributed by atoms with E-state index in [2.05, 4.69) is 10.4 Å². The maximum atomic E-state index is 13.0. The molecule has 8 heteroatoms. The van der Waals surface area contributed by atoms with E-state index >= 15 is 0 Å². The monoisotopic (exact) mass is 454 g/mol. The van der Waals surface area contributed by atoms with Crippen LogP contribution in [-0.4, -0.2) is 33.9 Å². The van der Waals surface area contributed by atoms with Crippen LogP contribution in [0.2, 0.25) is 5.02 Å². The number of rotatable bonds is 6. The van der Waals surface area contributed by atoms with Crippen LogP contribution in [-0.2, 0) is 16.1 Å². The number of carbonyl (C=O) groups is 2. The van der Waals surface area contributed by atoms with Crippen LogP contribution in [0.4, 0.5) is 5.69 Å². The summed E-state index contributed by atoms with van der Waals surface area (Å²) in [6.45, 7) is 2.95. The lowest BCUT2D eigenvalue weighted by molar-refractivity contribution is -0.125. The average molecular weight is 455 g/mol. The number of fused-ring (bicyclic) bond motifs is 1. The Morgan fingerprint density at radius 3 is 2.58 bits per heavy atom. The normalized spacial score (nSPS) is 13.0. The van der Waals surface area contributed by atoms with Gasteiger partial charge in [0, 0.05) is 36.7 Å². The summed E-state index contributed by atoms with van der Waals surface area (Å²) in [7, 11) is 0. The lowest BCUT2D eigenvalue weighted by Crippen LogP contribution is -2.36. The highest BCUT2D eigenvalue weighted by Crippen LogP contribution is 2.39. The van der Waals surface area contributed by atoms with Crippen LogP contribution in [0.1, 0.15) is 24.1 Å². The van der Waals surface area contributed by atoms with Crippen molar-refractivity contribution in [1.82, 2.24) is 15.1 Å². The Kier molecular flexibility index (Phi) is 6.63. The Morgan fingerprint density at radius 1 is 1.10 bits per heavy atom. The van der Waals surface area contributed by atoms with E-state index in [0.29, 0.717) is 18.1 Å². The standard InChI is InChI=1S/C23H23ClN4O2S/c1-16-22-23(28(26-16)19-5-3-2-4-6-19)31-14-13-27(22)21(30)12-11-20(29)25-15-17-7-9-18(24)10-8-17/h2-10H,11-15H2,1H3,(H,25,29). The molecule has 6 nitrogen and oxygen atoms in total. The van der Waals surface area contributed by atoms with E-state index in [1.165, 1.54) is 0 Å². The number of amides is 2. The van der Waals surface area contributed by atoms with Gasteiger partial charge in [-0.15, -0.1) is 11.8 Å². The van der Waals surface area contributed by atoms with Gasteiger partial charge in [0.15, 0.2) is 0 Å². The number of para-hydroxylation sites is 1. The van der Waals surface area contributed by atoms with Crippen molar-refractivity contribution in [3.8, 4) is 5.69 Å². The molecule has 0 radical (unpaired) electrons. The number of halogens is 1. The summed E-state index contributed by atoms with van der Waals surface area (Å²) >= 11 is 7.58. The summed E-state index contributed by atoms with van der Waals surface area (Å²) in [5, 5.41) is 9.16. The van der Waals surface area contributed by atoms with Gasteiger partial charge in [-0.2, -0.15) is 5.10 Å². The number of anilines is 1. The van der Waals surface area contributed by atoms with Gasteiger partial charge in [-0.1, -0.05) is 41.9 Å². The minimum Gasteiger partial charge on any atom is -0.352 e. The van der Waals surface area contributed by atoms with Crippen LogP contribution >= 0.6 is 23.4 Å². The molecule has 1 aliphatic rings. The van der Waals surface area contributed by atoms with Gasteiger partial charge in [0.1, 0.15) is 5.03 Å². The number of aryl methyl sites for hydroxylation is 1. The van der Waals surface area contributed by atoms with Crippen LogP contribution < -0.4 is 10.2 Å². The molecule has 0 fully saturated rings. The van der Waals surface area contributed by atoms with Gasteiger partial charge in [0.05, 0.1) is 17.1 Å². The van der Waals surface area contributed by atoms with Crippen LogP contribution in [0, 0.1) is 6.92 Å². The Balaban J connectivity index is 1.39. The molecule has 1 aromatic heterocycles. The fourth-order valence-electron chi connectivity index (χ4n) is 3.52. The largest absolute Gasteiger partial charge is 0.352 e. The van der Waals surface area contributed by atoms with Gasteiger partial charge in [0.25, 0.3) is 0 Å². The second kappa shape index (κ2) is 9.58. The Hall–Kier alpha value is -2.77. The molecule has 3 aromatic rings. The number of hydrogen-bond acceptors (Lipinski definition) is 4. The van der Waals surface area contributed by atoms with Gasteiger partial charge in [-0.25, -0.2) is 4.68 Å². The van der Waals surface area contributed by atoms with E-state index in [1.54, 1.807) is 28.8 Å². The first kappa shape index (κ1) is 21.5. The molecule has 0 saturated carbocycles. The molecule has 0 spiro atoms. The van der Waals surface area contributed by atoms with Crippen molar-refractivity contribution in [3.05, 3.63) is 70.9 Å². The quantitative estimate of drug-likeness (QED) is 0.600. The minimum absolute atomic E-state index is 0.0566. The molecule has 31 heavy (non-hydrogen) atoms. The van der Waals surface area contributed by atoms with Gasteiger partial charge in [-0.3, -0.25) is 9.59 Å². The van der Waals surface area contributed by atoms with Crippen molar-refractivity contribution >= 4 is 40.9 Å². The Morgan fingerprint density at radius 2 is 1.84 bits per heavy atom.